The van der Waals surface area contributed by atoms with E-state index in [4.69, 9.17) is 15.2 Å². The SMILES string of the molecule is I.NC(=NCC1CCC(F)(F)CC1)Nc1ccc2c(c1)OCCCO2. The van der Waals surface area contributed by atoms with E-state index in [-0.39, 0.29) is 48.7 Å². The predicted octanol–water partition coefficient (Wildman–Crippen LogP) is 4.02. The molecular formula is C17H24F2IN3O2. The summed E-state index contributed by atoms with van der Waals surface area (Å²) in [4.78, 5) is 4.29. The molecule has 2 aliphatic rings. The van der Waals surface area contributed by atoms with Gasteiger partial charge in [0, 0.05) is 37.6 Å². The molecule has 0 saturated heterocycles. The van der Waals surface area contributed by atoms with Gasteiger partial charge in [-0.1, -0.05) is 0 Å². The van der Waals surface area contributed by atoms with Crippen LogP contribution in [0.4, 0.5) is 14.5 Å². The van der Waals surface area contributed by atoms with Crippen LogP contribution in [0.1, 0.15) is 32.1 Å². The number of nitrogens with two attached hydrogens (primary N) is 1. The molecule has 5 nitrogen and oxygen atoms in total. The van der Waals surface area contributed by atoms with E-state index >= 15 is 0 Å². The lowest BCUT2D eigenvalue weighted by Crippen LogP contribution is -2.28. The van der Waals surface area contributed by atoms with Gasteiger partial charge in [-0.2, -0.15) is 0 Å². The molecule has 3 rings (SSSR count). The molecule has 0 amide bonds. The van der Waals surface area contributed by atoms with Crippen LogP contribution < -0.4 is 20.5 Å². The van der Waals surface area contributed by atoms with Gasteiger partial charge in [0.2, 0.25) is 5.92 Å². The number of nitrogens with one attached hydrogen (secondary N) is 1. The third-order valence-corrected chi connectivity index (χ3v) is 4.38. The number of fused-ring (bicyclic) bond motifs is 1. The highest BCUT2D eigenvalue weighted by Gasteiger charge is 2.34. The lowest BCUT2D eigenvalue weighted by Gasteiger charge is -2.27. The van der Waals surface area contributed by atoms with Gasteiger partial charge in [-0.05, 0) is 30.9 Å². The van der Waals surface area contributed by atoms with Crippen LogP contribution in [0.25, 0.3) is 0 Å². The van der Waals surface area contributed by atoms with E-state index < -0.39 is 5.92 Å². The summed E-state index contributed by atoms with van der Waals surface area (Å²) in [6.07, 6.45) is 1.73. The molecular weight excluding hydrogens is 443 g/mol. The Balaban J connectivity index is 0.00000225. The summed E-state index contributed by atoms with van der Waals surface area (Å²) in [5, 5.41) is 3.01. The first-order chi connectivity index (χ1) is 11.5. The maximum Gasteiger partial charge on any atom is 0.248 e. The van der Waals surface area contributed by atoms with Gasteiger partial charge in [0.1, 0.15) is 0 Å². The van der Waals surface area contributed by atoms with Crippen LogP contribution in [-0.2, 0) is 0 Å². The van der Waals surface area contributed by atoms with Crippen molar-refractivity contribution in [2.45, 2.75) is 38.0 Å². The molecule has 3 N–H and O–H groups in total. The van der Waals surface area contributed by atoms with E-state index in [0.29, 0.717) is 38.3 Å². The number of hydrogen-bond acceptors (Lipinski definition) is 3. The molecule has 0 unspecified atom stereocenters. The van der Waals surface area contributed by atoms with E-state index in [9.17, 15) is 8.78 Å². The summed E-state index contributed by atoms with van der Waals surface area (Å²) in [7, 11) is 0. The third kappa shape index (κ3) is 5.86. The molecule has 1 saturated carbocycles. The zero-order chi connectivity index (χ0) is 17.0. The molecule has 0 radical (unpaired) electrons. The van der Waals surface area contributed by atoms with Crippen molar-refractivity contribution < 1.29 is 18.3 Å². The van der Waals surface area contributed by atoms with Crippen molar-refractivity contribution in [3.05, 3.63) is 18.2 Å². The van der Waals surface area contributed by atoms with Crippen LogP contribution in [0, 0.1) is 5.92 Å². The fraction of sp³-hybridized carbons (Fsp3) is 0.588. The minimum atomic E-state index is -2.51. The highest BCUT2D eigenvalue weighted by molar-refractivity contribution is 14.0. The van der Waals surface area contributed by atoms with Crippen molar-refractivity contribution in [3.63, 3.8) is 0 Å². The number of guanidine groups is 1. The molecule has 0 bridgehead atoms. The molecule has 1 aromatic carbocycles. The van der Waals surface area contributed by atoms with Crippen molar-refractivity contribution in [2.24, 2.45) is 16.6 Å². The molecule has 25 heavy (non-hydrogen) atoms. The minimum Gasteiger partial charge on any atom is -0.490 e. The largest absolute Gasteiger partial charge is 0.490 e. The van der Waals surface area contributed by atoms with E-state index in [1.807, 2.05) is 18.2 Å². The summed E-state index contributed by atoms with van der Waals surface area (Å²) in [6.45, 7) is 1.73. The van der Waals surface area contributed by atoms with Crippen LogP contribution in [-0.4, -0.2) is 31.6 Å². The smallest absolute Gasteiger partial charge is 0.248 e. The molecule has 8 heteroatoms. The second kappa shape index (κ2) is 8.86. The van der Waals surface area contributed by atoms with Crippen LogP contribution in [0.15, 0.2) is 23.2 Å². The van der Waals surface area contributed by atoms with Crippen molar-refractivity contribution in [3.8, 4) is 11.5 Å². The Bertz CT molecular complexity index is 604. The summed E-state index contributed by atoms with van der Waals surface area (Å²) < 4.78 is 37.5. The van der Waals surface area contributed by atoms with E-state index in [1.165, 1.54) is 0 Å². The van der Waals surface area contributed by atoms with E-state index in [2.05, 4.69) is 10.3 Å². The number of anilines is 1. The van der Waals surface area contributed by atoms with Gasteiger partial charge in [-0.3, -0.25) is 4.99 Å². The van der Waals surface area contributed by atoms with Gasteiger partial charge < -0.3 is 20.5 Å². The molecule has 1 aromatic rings. The van der Waals surface area contributed by atoms with Crippen LogP contribution >= 0.6 is 24.0 Å². The van der Waals surface area contributed by atoms with Crippen LogP contribution in [0.2, 0.25) is 0 Å². The summed E-state index contributed by atoms with van der Waals surface area (Å²) >= 11 is 0. The minimum absolute atomic E-state index is 0. The van der Waals surface area contributed by atoms with Crippen molar-refractivity contribution >= 4 is 35.6 Å². The van der Waals surface area contributed by atoms with Gasteiger partial charge >= 0.3 is 0 Å². The number of benzene rings is 1. The Morgan fingerprint density at radius 1 is 1.20 bits per heavy atom. The maximum atomic E-state index is 13.1. The quantitative estimate of drug-likeness (QED) is 0.401. The first-order valence-corrected chi connectivity index (χ1v) is 8.36. The topological polar surface area (TPSA) is 68.9 Å². The maximum absolute atomic E-state index is 13.1. The van der Waals surface area contributed by atoms with Gasteiger partial charge in [-0.25, -0.2) is 8.78 Å². The second-order valence-corrected chi connectivity index (χ2v) is 6.36. The molecule has 1 aliphatic heterocycles. The molecule has 1 heterocycles. The first kappa shape index (κ1) is 20.0. The summed E-state index contributed by atoms with van der Waals surface area (Å²) in [6, 6.07) is 5.50. The average Bonchev–Trinajstić information content (AvgIpc) is 2.79. The standard InChI is InChI=1S/C17H23F2N3O2.HI/c18-17(19)6-4-12(5-7-17)11-21-16(20)22-13-2-3-14-15(10-13)24-9-1-8-23-14;/h2-3,10,12H,1,4-9,11H2,(H3,20,21,22);1H. The van der Waals surface area contributed by atoms with E-state index in [0.717, 1.165) is 17.9 Å². The number of nitrogens with zero attached hydrogens (tertiary/aromatic N) is 1. The Kier molecular flexibility index (Phi) is 7.09. The molecule has 140 valence electrons. The van der Waals surface area contributed by atoms with Gasteiger partial charge in [0.05, 0.1) is 13.2 Å². The zero-order valence-electron chi connectivity index (χ0n) is 14.0. The van der Waals surface area contributed by atoms with Crippen molar-refractivity contribution in [2.75, 3.05) is 25.1 Å². The molecule has 1 aliphatic carbocycles. The van der Waals surface area contributed by atoms with Gasteiger partial charge in [-0.15, -0.1) is 24.0 Å². The average molecular weight is 467 g/mol. The number of alkyl halides is 2. The van der Waals surface area contributed by atoms with Crippen molar-refractivity contribution in [1.82, 2.24) is 0 Å². The predicted molar refractivity (Wildman–Crippen MR) is 104 cm³/mol. The van der Waals surface area contributed by atoms with Gasteiger partial charge in [0.25, 0.3) is 0 Å². The number of aliphatic imine (C=N–C) groups is 1. The zero-order valence-corrected chi connectivity index (χ0v) is 16.3. The highest BCUT2D eigenvalue weighted by Crippen LogP contribution is 2.36. The Hall–Kier alpha value is -1.32. The Morgan fingerprint density at radius 2 is 1.88 bits per heavy atom. The molecule has 1 fully saturated rings. The third-order valence-electron chi connectivity index (χ3n) is 4.38. The van der Waals surface area contributed by atoms with Gasteiger partial charge in [0.15, 0.2) is 17.5 Å². The fourth-order valence-corrected chi connectivity index (χ4v) is 2.94. The number of rotatable bonds is 3. The molecule has 0 aromatic heterocycles. The van der Waals surface area contributed by atoms with E-state index in [1.54, 1.807) is 0 Å². The summed E-state index contributed by atoms with van der Waals surface area (Å²) in [5.74, 6) is -0.652. The second-order valence-electron chi connectivity index (χ2n) is 6.36. The monoisotopic (exact) mass is 467 g/mol. The molecule has 0 atom stereocenters. The number of halogens is 3. The Labute approximate surface area is 163 Å². The van der Waals surface area contributed by atoms with Crippen molar-refractivity contribution in [1.29, 1.82) is 0 Å². The van der Waals surface area contributed by atoms with Crippen LogP contribution in [0.5, 0.6) is 11.5 Å². The number of ether oxygens (including phenoxy) is 2. The fourth-order valence-electron chi connectivity index (χ4n) is 2.94. The van der Waals surface area contributed by atoms with Crippen LogP contribution in [0.3, 0.4) is 0 Å². The number of hydrogen-bond donors (Lipinski definition) is 2. The molecule has 0 spiro atoms. The lowest BCUT2D eigenvalue weighted by molar-refractivity contribution is -0.0446. The highest BCUT2D eigenvalue weighted by atomic mass is 127. The Morgan fingerprint density at radius 3 is 2.60 bits per heavy atom. The lowest BCUT2D eigenvalue weighted by atomic mass is 9.87. The first-order valence-electron chi connectivity index (χ1n) is 8.36. The normalized spacial score (nSPS) is 20.3. The summed E-state index contributed by atoms with van der Waals surface area (Å²) in [5.41, 5.74) is 6.66.